The van der Waals surface area contributed by atoms with Crippen molar-refractivity contribution in [2.24, 2.45) is 29.6 Å². The highest BCUT2D eigenvalue weighted by atomic mass is 19.1. The molecule has 3 aliphatic rings. The zero-order chi connectivity index (χ0) is 16.2. The molecule has 0 aromatic rings. The summed E-state index contributed by atoms with van der Waals surface area (Å²) in [6, 6.07) is 0. The molecule has 0 aliphatic heterocycles. The molecule has 23 heavy (non-hydrogen) atoms. The lowest BCUT2D eigenvalue weighted by atomic mass is 9.69. The van der Waals surface area contributed by atoms with E-state index < -0.39 is 18.3 Å². The fourth-order valence-electron chi connectivity index (χ4n) is 4.98. The van der Waals surface area contributed by atoms with Gasteiger partial charge in [0.15, 0.2) is 0 Å². The average molecular weight is 322 g/mol. The highest BCUT2D eigenvalue weighted by molar-refractivity contribution is 5.12. The van der Waals surface area contributed by atoms with E-state index >= 15 is 0 Å². The molecule has 3 saturated carbocycles. The van der Waals surface area contributed by atoms with Gasteiger partial charge in [0.25, 0.3) is 0 Å². The molecule has 2 atom stereocenters. The molecule has 3 fully saturated rings. The lowest BCUT2D eigenvalue weighted by Crippen LogP contribution is -2.30. The van der Waals surface area contributed by atoms with Crippen molar-refractivity contribution in [3.05, 3.63) is 0 Å². The van der Waals surface area contributed by atoms with Gasteiger partial charge in [0.2, 0.25) is 0 Å². The van der Waals surface area contributed by atoms with Crippen molar-refractivity contribution in [2.75, 3.05) is 0 Å². The Morgan fingerprint density at radius 2 is 1.17 bits per heavy atom. The van der Waals surface area contributed by atoms with E-state index in [1.54, 1.807) is 0 Å². The Labute approximate surface area is 140 Å². The summed E-state index contributed by atoms with van der Waals surface area (Å²) < 4.78 is 27.7. The van der Waals surface area contributed by atoms with Crippen molar-refractivity contribution in [1.29, 1.82) is 0 Å². The van der Waals surface area contributed by atoms with Gasteiger partial charge in [-0.1, -0.05) is 31.6 Å². The highest BCUT2D eigenvalue weighted by Gasteiger charge is 2.33. The molecule has 130 valence electrons. The Bertz CT molecular complexity index is 409. The zero-order valence-corrected chi connectivity index (χ0v) is 14.6. The van der Waals surface area contributed by atoms with Gasteiger partial charge in [-0.2, -0.15) is 0 Å². The van der Waals surface area contributed by atoms with E-state index in [0.29, 0.717) is 25.2 Å². The van der Waals surface area contributed by atoms with Crippen LogP contribution in [0.4, 0.5) is 8.78 Å². The maximum Gasteiger partial charge on any atom is 0.117 e. The molecule has 3 aliphatic carbocycles. The van der Waals surface area contributed by atoms with Gasteiger partial charge >= 0.3 is 0 Å². The Balaban J connectivity index is 1.47. The number of rotatable bonds is 1. The fraction of sp³-hybridized carbons (Fsp3) is 0.905. The molecule has 0 heterocycles. The zero-order valence-electron chi connectivity index (χ0n) is 14.6. The first-order valence-electron chi connectivity index (χ1n) is 9.92. The predicted molar refractivity (Wildman–Crippen MR) is 91.5 cm³/mol. The van der Waals surface area contributed by atoms with E-state index in [0.717, 1.165) is 30.6 Å². The third-order valence-electron chi connectivity index (χ3n) is 6.69. The lowest BCUT2D eigenvalue weighted by Gasteiger charge is -2.36. The van der Waals surface area contributed by atoms with Crippen LogP contribution < -0.4 is 0 Å². The van der Waals surface area contributed by atoms with Crippen molar-refractivity contribution in [3.8, 4) is 11.8 Å². The van der Waals surface area contributed by atoms with Crippen molar-refractivity contribution >= 4 is 0 Å². The summed E-state index contributed by atoms with van der Waals surface area (Å²) in [6.07, 6.45) is 10.0. The van der Waals surface area contributed by atoms with Crippen LogP contribution in [0.25, 0.3) is 0 Å². The summed E-state index contributed by atoms with van der Waals surface area (Å²) >= 11 is 0. The summed E-state index contributed by atoms with van der Waals surface area (Å²) in [5.74, 6) is 8.72. The number of alkyl halides is 2. The van der Waals surface area contributed by atoms with Gasteiger partial charge in [-0.25, -0.2) is 8.78 Å². The third-order valence-corrected chi connectivity index (χ3v) is 6.69. The monoisotopic (exact) mass is 322 g/mol. The molecule has 0 aromatic heterocycles. The molecule has 0 saturated heterocycles. The van der Waals surface area contributed by atoms with Crippen LogP contribution in [0.2, 0.25) is 0 Å². The molecule has 0 spiro atoms. The molecular weight excluding hydrogens is 290 g/mol. The van der Waals surface area contributed by atoms with Gasteiger partial charge in [-0.3, -0.25) is 0 Å². The largest absolute Gasteiger partial charge is 0.246 e. The van der Waals surface area contributed by atoms with Crippen LogP contribution in [0.1, 0.15) is 77.6 Å². The molecule has 0 radical (unpaired) electrons. The molecule has 0 nitrogen and oxygen atoms in total. The summed E-state index contributed by atoms with van der Waals surface area (Å²) in [6.45, 7) is 2.38. The Kier molecular flexibility index (Phi) is 6.00. The van der Waals surface area contributed by atoms with Crippen molar-refractivity contribution < 1.29 is 8.78 Å². The summed E-state index contributed by atoms with van der Waals surface area (Å²) in [5, 5.41) is 0. The van der Waals surface area contributed by atoms with Crippen LogP contribution in [0.3, 0.4) is 0 Å². The van der Waals surface area contributed by atoms with E-state index in [9.17, 15) is 8.78 Å². The van der Waals surface area contributed by atoms with Gasteiger partial charge < -0.3 is 0 Å². The Hall–Kier alpha value is -0.580. The van der Waals surface area contributed by atoms with E-state index in [1.165, 1.54) is 38.5 Å². The van der Waals surface area contributed by atoms with E-state index in [4.69, 9.17) is 0 Å². The second-order valence-corrected chi connectivity index (χ2v) is 8.41. The van der Waals surface area contributed by atoms with Gasteiger partial charge in [0.1, 0.15) is 12.3 Å². The van der Waals surface area contributed by atoms with Crippen LogP contribution in [0.15, 0.2) is 0 Å². The van der Waals surface area contributed by atoms with Crippen molar-refractivity contribution in [2.45, 2.75) is 89.9 Å². The molecular formula is C21H32F2. The number of hydrogen-bond acceptors (Lipinski definition) is 0. The molecule has 0 amide bonds. The molecule has 3 rings (SSSR count). The first kappa shape index (κ1) is 17.2. The normalized spacial score (nSPS) is 45.1. The van der Waals surface area contributed by atoms with Gasteiger partial charge in [0, 0.05) is 5.92 Å². The third kappa shape index (κ3) is 4.49. The molecule has 2 unspecified atom stereocenters. The van der Waals surface area contributed by atoms with E-state index in [1.807, 2.05) is 0 Å². The van der Waals surface area contributed by atoms with Crippen LogP contribution in [0, 0.1) is 41.4 Å². The van der Waals surface area contributed by atoms with Crippen LogP contribution in [-0.2, 0) is 0 Å². The quantitative estimate of drug-likeness (QED) is 0.512. The van der Waals surface area contributed by atoms with Crippen LogP contribution in [0.5, 0.6) is 0 Å². The first-order chi connectivity index (χ1) is 11.1. The van der Waals surface area contributed by atoms with Crippen molar-refractivity contribution in [3.63, 3.8) is 0 Å². The highest BCUT2D eigenvalue weighted by Crippen LogP contribution is 2.41. The lowest BCUT2D eigenvalue weighted by molar-refractivity contribution is 0.112. The Morgan fingerprint density at radius 1 is 0.652 bits per heavy atom. The second-order valence-electron chi connectivity index (χ2n) is 8.41. The number of hydrogen-bond donors (Lipinski definition) is 0. The maximum absolute atomic E-state index is 13.8. The maximum atomic E-state index is 13.8. The summed E-state index contributed by atoms with van der Waals surface area (Å²) in [7, 11) is 0. The number of halogens is 2. The summed E-state index contributed by atoms with van der Waals surface area (Å²) in [5.41, 5.74) is 0. The SMILES string of the molecule is CC1CCC(C2CCC(C#CC3C(F)CCCC3F)CC2)CC1. The minimum atomic E-state index is -1.05. The predicted octanol–water partition coefficient (Wildman–Crippen LogP) is 6.10. The van der Waals surface area contributed by atoms with Gasteiger partial charge in [-0.15, -0.1) is 0 Å². The molecule has 2 heteroatoms. The molecule has 0 aromatic carbocycles. The second kappa shape index (κ2) is 8.00. The molecule has 0 N–H and O–H groups in total. The van der Waals surface area contributed by atoms with E-state index in [-0.39, 0.29) is 0 Å². The van der Waals surface area contributed by atoms with Crippen molar-refractivity contribution in [1.82, 2.24) is 0 Å². The standard InChI is InChI=1S/C21H32F2/c1-15-5-10-17(11-6-15)18-12-7-16(8-13-18)9-14-19-20(22)3-2-4-21(19)23/h15-21H,2-8,10-13H2,1H3. The Morgan fingerprint density at radius 3 is 1.74 bits per heavy atom. The fourth-order valence-corrected chi connectivity index (χ4v) is 4.98. The average Bonchev–Trinajstić information content (AvgIpc) is 2.56. The van der Waals surface area contributed by atoms with Gasteiger partial charge in [-0.05, 0) is 75.5 Å². The van der Waals surface area contributed by atoms with Gasteiger partial charge in [0.05, 0.1) is 5.92 Å². The minimum absolute atomic E-state index is 0.384. The smallest absolute Gasteiger partial charge is 0.117 e. The van der Waals surface area contributed by atoms with Crippen LogP contribution >= 0.6 is 0 Å². The summed E-state index contributed by atoms with van der Waals surface area (Å²) in [4.78, 5) is 0. The van der Waals surface area contributed by atoms with Crippen LogP contribution in [-0.4, -0.2) is 12.3 Å². The minimum Gasteiger partial charge on any atom is -0.246 e. The topological polar surface area (TPSA) is 0 Å². The first-order valence-corrected chi connectivity index (χ1v) is 9.92. The molecule has 0 bridgehead atoms. The van der Waals surface area contributed by atoms with E-state index in [2.05, 4.69) is 18.8 Å².